The summed E-state index contributed by atoms with van der Waals surface area (Å²) in [5.74, 6) is -0.227. The van der Waals surface area contributed by atoms with E-state index in [0.717, 1.165) is 24.2 Å². The van der Waals surface area contributed by atoms with Gasteiger partial charge in [-0.1, -0.05) is 32.9 Å². The van der Waals surface area contributed by atoms with Crippen LogP contribution in [-0.4, -0.2) is 30.8 Å². The molecule has 0 atom stereocenters. The average Bonchev–Trinajstić information content (AvgIpc) is 2.96. The third-order valence-corrected chi connectivity index (χ3v) is 3.90. The molecule has 0 spiro atoms. The number of amides is 3. The summed E-state index contributed by atoms with van der Waals surface area (Å²) < 4.78 is 0. The minimum absolute atomic E-state index is 0.0313. The first kappa shape index (κ1) is 18.0. The Kier molecular flexibility index (Phi) is 5.59. The second kappa shape index (κ2) is 7.47. The predicted octanol–water partition coefficient (Wildman–Crippen LogP) is 1.59. The quantitative estimate of drug-likeness (QED) is 0.860. The van der Waals surface area contributed by atoms with Crippen molar-refractivity contribution in [3.05, 3.63) is 29.8 Å². The van der Waals surface area contributed by atoms with Crippen LogP contribution in [-0.2, 0) is 20.9 Å². The highest BCUT2D eigenvalue weighted by molar-refractivity contribution is 5.95. The lowest BCUT2D eigenvalue weighted by Crippen LogP contribution is -2.41. The summed E-state index contributed by atoms with van der Waals surface area (Å²) in [7, 11) is 0. The molecule has 6 nitrogen and oxygen atoms in total. The minimum Gasteiger partial charge on any atom is -0.350 e. The molecule has 6 heteroatoms. The number of carbonyl (C=O) groups excluding carboxylic acids is 3. The Hall–Kier alpha value is -2.37. The zero-order chi connectivity index (χ0) is 17.7. The third-order valence-electron chi connectivity index (χ3n) is 3.90. The summed E-state index contributed by atoms with van der Waals surface area (Å²) in [6.45, 7) is 6.52. The van der Waals surface area contributed by atoms with Crippen molar-refractivity contribution in [2.45, 2.75) is 40.2 Å². The van der Waals surface area contributed by atoms with Gasteiger partial charge in [0.15, 0.2) is 0 Å². The number of carbonyl (C=O) groups is 3. The summed E-state index contributed by atoms with van der Waals surface area (Å²) >= 11 is 0. The van der Waals surface area contributed by atoms with Crippen molar-refractivity contribution in [3.8, 4) is 0 Å². The summed E-state index contributed by atoms with van der Waals surface area (Å²) in [6.07, 6.45) is 1.51. The number of benzene rings is 1. The molecule has 2 N–H and O–H groups in total. The number of hydrogen-bond donors (Lipinski definition) is 2. The van der Waals surface area contributed by atoms with Gasteiger partial charge in [-0.25, -0.2) is 0 Å². The van der Waals surface area contributed by atoms with Gasteiger partial charge < -0.3 is 15.5 Å². The molecule has 1 aromatic carbocycles. The van der Waals surface area contributed by atoms with Gasteiger partial charge in [0.1, 0.15) is 0 Å². The van der Waals surface area contributed by atoms with Gasteiger partial charge in [-0.2, -0.15) is 0 Å². The van der Waals surface area contributed by atoms with E-state index in [1.807, 2.05) is 24.3 Å². The zero-order valence-electron chi connectivity index (χ0n) is 14.5. The Morgan fingerprint density at radius 2 is 1.79 bits per heavy atom. The summed E-state index contributed by atoms with van der Waals surface area (Å²) in [4.78, 5) is 37.0. The first-order chi connectivity index (χ1) is 11.3. The molecule has 0 unspecified atom stereocenters. The van der Waals surface area contributed by atoms with Crippen LogP contribution in [0.15, 0.2) is 24.3 Å². The molecular formula is C18H25N3O3. The lowest BCUT2D eigenvalue weighted by Gasteiger charge is -2.17. The van der Waals surface area contributed by atoms with E-state index in [1.54, 1.807) is 25.7 Å². The molecule has 0 bridgehead atoms. The third kappa shape index (κ3) is 4.81. The molecule has 0 aromatic heterocycles. The Morgan fingerprint density at radius 3 is 2.33 bits per heavy atom. The molecular weight excluding hydrogens is 306 g/mol. The fraction of sp³-hybridized carbons (Fsp3) is 0.500. The van der Waals surface area contributed by atoms with E-state index in [4.69, 9.17) is 0 Å². The average molecular weight is 331 g/mol. The van der Waals surface area contributed by atoms with E-state index in [2.05, 4.69) is 10.6 Å². The molecule has 1 heterocycles. The van der Waals surface area contributed by atoms with Gasteiger partial charge in [-0.15, -0.1) is 0 Å². The van der Waals surface area contributed by atoms with Crippen LogP contribution in [0.4, 0.5) is 5.69 Å². The highest BCUT2D eigenvalue weighted by Crippen LogP contribution is 2.21. The largest absolute Gasteiger partial charge is 0.350 e. The second-order valence-corrected chi connectivity index (χ2v) is 7.02. The first-order valence-corrected chi connectivity index (χ1v) is 8.21. The second-order valence-electron chi connectivity index (χ2n) is 7.02. The maximum absolute atomic E-state index is 11.8. The Bertz CT molecular complexity index is 617. The number of nitrogens with one attached hydrogen (secondary N) is 2. The van der Waals surface area contributed by atoms with Gasteiger partial charge in [0, 0.05) is 30.6 Å². The van der Waals surface area contributed by atoms with Gasteiger partial charge in [0.05, 0.1) is 6.54 Å². The van der Waals surface area contributed by atoms with Crippen LogP contribution in [0.1, 0.15) is 39.2 Å². The molecule has 1 fully saturated rings. The molecule has 130 valence electrons. The molecule has 1 aliphatic heterocycles. The standard InChI is InChI=1S/C18H25N3O3/c1-18(2,3)17(24)20-12-15(22)19-11-13-6-8-14(9-7-13)21-10-4-5-16(21)23/h6-9H,4-5,10-12H2,1-3H3,(H,19,22)(H,20,24). The van der Waals surface area contributed by atoms with Crippen molar-refractivity contribution >= 4 is 23.4 Å². The van der Waals surface area contributed by atoms with Crippen LogP contribution >= 0.6 is 0 Å². The van der Waals surface area contributed by atoms with Crippen LogP contribution in [0.25, 0.3) is 0 Å². The number of nitrogens with zero attached hydrogens (tertiary/aromatic N) is 1. The number of rotatable bonds is 5. The van der Waals surface area contributed by atoms with Gasteiger partial charge >= 0.3 is 0 Å². The molecule has 0 aliphatic carbocycles. The summed E-state index contributed by atoms with van der Waals surface area (Å²) in [5, 5.41) is 5.38. The normalized spacial score (nSPS) is 14.6. The molecule has 24 heavy (non-hydrogen) atoms. The van der Waals surface area contributed by atoms with Crippen LogP contribution in [0, 0.1) is 5.41 Å². The monoisotopic (exact) mass is 331 g/mol. The van der Waals surface area contributed by atoms with E-state index in [1.165, 1.54) is 0 Å². The van der Waals surface area contributed by atoms with E-state index < -0.39 is 5.41 Å². The fourth-order valence-corrected chi connectivity index (χ4v) is 2.40. The molecule has 1 saturated heterocycles. The lowest BCUT2D eigenvalue weighted by molar-refractivity contribution is -0.131. The van der Waals surface area contributed by atoms with E-state index in [-0.39, 0.29) is 24.3 Å². The number of anilines is 1. The molecule has 3 amide bonds. The van der Waals surface area contributed by atoms with Crippen molar-refractivity contribution in [1.82, 2.24) is 10.6 Å². The SMILES string of the molecule is CC(C)(C)C(=O)NCC(=O)NCc1ccc(N2CCCC2=O)cc1. The zero-order valence-corrected chi connectivity index (χ0v) is 14.5. The van der Waals surface area contributed by atoms with Crippen molar-refractivity contribution in [2.75, 3.05) is 18.0 Å². The van der Waals surface area contributed by atoms with E-state index in [0.29, 0.717) is 13.0 Å². The summed E-state index contributed by atoms with van der Waals surface area (Å²) in [6, 6.07) is 7.59. The summed E-state index contributed by atoms with van der Waals surface area (Å²) in [5.41, 5.74) is 1.33. The van der Waals surface area contributed by atoms with Crippen molar-refractivity contribution in [2.24, 2.45) is 5.41 Å². The molecule has 1 aromatic rings. The van der Waals surface area contributed by atoms with E-state index in [9.17, 15) is 14.4 Å². The Balaban J connectivity index is 1.79. The number of hydrogen-bond acceptors (Lipinski definition) is 3. The van der Waals surface area contributed by atoms with Crippen LogP contribution in [0.3, 0.4) is 0 Å². The highest BCUT2D eigenvalue weighted by atomic mass is 16.2. The fourth-order valence-electron chi connectivity index (χ4n) is 2.40. The van der Waals surface area contributed by atoms with E-state index >= 15 is 0 Å². The van der Waals surface area contributed by atoms with Crippen molar-refractivity contribution < 1.29 is 14.4 Å². The first-order valence-electron chi connectivity index (χ1n) is 8.21. The Morgan fingerprint density at radius 1 is 1.12 bits per heavy atom. The molecule has 1 aliphatic rings. The van der Waals surface area contributed by atoms with Gasteiger partial charge in [-0.3, -0.25) is 14.4 Å². The maximum atomic E-state index is 11.8. The minimum atomic E-state index is -0.511. The smallest absolute Gasteiger partial charge is 0.239 e. The van der Waals surface area contributed by atoms with Crippen molar-refractivity contribution in [1.29, 1.82) is 0 Å². The van der Waals surface area contributed by atoms with Crippen LogP contribution < -0.4 is 15.5 Å². The molecule has 0 radical (unpaired) electrons. The van der Waals surface area contributed by atoms with Gasteiger partial charge in [0.25, 0.3) is 0 Å². The van der Waals surface area contributed by atoms with Gasteiger partial charge in [-0.05, 0) is 24.1 Å². The maximum Gasteiger partial charge on any atom is 0.239 e. The Labute approximate surface area is 142 Å². The predicted molar refractivity (Wildman–Crippen MR) is 92.3 cm³/mol. The van der Waals surface area contributed by atoms with Gasteiger partial charge in [0.2, 0.25) is 17.7 Å². The topological polar surface area (TPSA) is 78.5 Å². The molecule has 2 rings (SSSR count). The highest BCUT2D eigenvalue weighted by Gasteiger charge is 2.22. The van der Waals surface area contributed by atoms with Crippen LogP contribution in [0.5, 0.6) is 0 Å². The lowest BCUT2D eigenvalue weighted by atomic mass is 9.96. The van der Waals surface area contributed by atoms with Crippen LogP contribution in [0.2, 0.25) is 0 Å². The van der Waals surface area contributed by atoms with Crippen molar-refractivity contribution in [3.63, 3.8) is 0 Å². The molecule has 0 saturated carbocycles.